The van der Waals surface area contributed by atoms with E-state index in [1.165, 1.54) is 14.0 Å². The summed E-state index contributed by atoms with van der Waals surface area (Å²) >= 11 is 0. The van der Waals surface area contributed by atoms with Crippen LogP contribution in [0.25, 0.3) is 11.3 Å². The van der Waals surface area contributed by atoms with E-state index in [1.807, 2.05) is 0 Å². The van der Waals surface area contributed by atoms with Crippen molar-refractivity contribution in [3.05, 3.63) is 30.0 Å². The molecule has 0 radical (unpaired) electrons. The van der Waals surface area contributed by atoms with Gasteiger partial charge in [0.1, 0.15) is 11.3 Å². The lowest BCUT2D eigenvalue weighted by Crippen LogP contribution is -2.06. The van der Waals surface area contributed by atoms with Crippen molar-refractivity contribution < 1.29 is 24.0 Å². The van der Waals surface area contributed by atoms with E-state index in [0.29, 0.717) is 17.0 Å². The lowest BCUT2D eigenvalue weighted by Gasteiger charge is -2.09. The van der Waals surface area contributed by atoms with Crippen LogP contribution in [0.5, 0.6) is 5.75 Å². The zero-order chi connectivity index (χ0) is 14.7. The van der Waals surface area contributed by atoms with E-state index in [0.717, 1.165) is 6.20 Å². The molecule has 7 heteroatoms. The summed E-state index contributed by atoms with van der Waals surface area (Å²) in [4.78, 5) is 22.2. The minimum atomic E-state index is -1.16. The monoisotopic (exact) mass is 276 g/mol. The van der Waals surface area contributed by atoms with Crippen LogP contribution in [-0.4, -0.2) is 29.2 Å². The number of carboxylic acid groups (broad SMARTS) is 1. The zero-order valence-corrected chi connectivity index (χ0v) is 10.8. The molecule has 7 nitrogen and oxygen atoms in total. The number of aromatic nitrogens is 1. The Morgan fingerprint density at radius 3 is 2.75 bits per heavy atom. The number of ether oxygens (including phenoxy) is 1. The topological polar surface area (TPSA) is 102 Å². The van der Waals surface area contributed by atoms with E-state index in [1.54, 1.807) is 18.2 Å². The molecule has 2 rings (SSSR count). The van der Waals surface area contributed by atoms with Gasteiger partial charge < -0.3 is 19.7 Å². The molecule has 1 heterocycles. The van der Waals surface area contributed by atoms with Gasteiger partial charge in [-0.15, -0.1) is 0 Å². The molecule has 20 heavy (non-hydrogen) atoms. The summed E-state index contributed by atoms with van der Waals surface area (Å²) < 4.78 is 10.2. The van der Waals surface area contributed by atoms with Gasteiger partial charge in [-0.2, -0.15) is 0 Å². The molecule has 1 amide bonds. The van der Waals surface area contributed by atoms with Crippen LogP contribution < -0.4 is 10.1 Å². The number of carboxylic acids is 1. The molecule has 0 aliphatic carbocycles. The van der Waals surface area contributed by atoms with Gasteiger partial charge in [0.05, 0.1) is 18.9 Å². The zero-order valence-electron chi connectivity index (χ0n) is 10.8. The maximum Gasteiger partial charge on any atom is 0.341 e. The van der Waals surface area contributed by atoms with Gasteiger partial charge in [-0.25, -0.2) is 4.79 Å². The third kappa shape index (κ3) is 2.61. The Morgan fingerprint density at radius 2 is 2.15 bits per heavy atom. The van der Waals surface area contributed by atoms with Crippen molar-refractivity contribution in [1.29, 1.82) is 0 Å². The van der Waals surface area contributed by atoms with Crippen molar-refractivity contribution in [3.63, 3.8) is 0 Å². The lowest BCUT2D eigenvalue weighted by atomic mass is 10.1. The van der Waals surface area contributed by atoms with Gasteiger partial charge in [0.25, 0.3) is 0 Å². The third-order valence-electron chi connectivity index (χ3n) is 2.57. The molecule has 104 valence electrons. The quantitative estimate of drug-likeness (QED) is 0.885. The number of nitrogens with one attached hydrogen (secondary N) is 1. The van der Waals surface area contributed by atoms with Gasteiger partial charge in [0, 0.05) is 12.6 Å². The molecular formula is C13H12N2O5. The number of anilines is 1. The minimum absolute atomic E-state index is 0.0709. The van der Waals surface area contributed by atoms with Gasteiger partial charge >= 0.3 is 5.97 Å². The Morgan fingerprint density at radius 1 is 1.40 bits per heavy atom. The van der Waals surface area contributed by atoms with Crippen molar-refractivity contribution in [2.24, 2.45) is 0 Å². The van der Waals surface area contributed by atoms with Crippen LogP contribution in [0.4, 0.5) is 5.69 Å². The first-order valence-electron chi connectivity index (χ1n) is 5.67. The number of benzene rings is 1. The van der Waals surface area contributed by atoms with Crippen LogP contribution in [-0.2, 0) is 4.79 Å². The van der Waals surface area contributed by atoms with Crippen LogP contribution in [0.3, 0.4) is 0 Å². The summed E-state index contributed by atoms with van der Waals surface area (Å²) in [5, 5.41) is 15.2. The number of carbonyl (C=O) groups is 2. The summed E-state index contributed by atoms with van der Waals surface area (Å²) in [5.41, 5.74) is 0.818. The Kier molecular flexibility index (Phi) is 3.69. The highest BCUT2D eigenvalue weighted by Crippen LogP contribution is 2.34. The summed E-state index contributed by atoms with van der Waals surface area (Å²) in [6, 6.07) is 4.81. The first-order chi connectivity index (χ1) is 9.52. The van der Waals surface area contributed by atoms with E-state index in [2.05, 4.69) is 10.5 Å². The number of rotatable bonds is 4. The fourth-order valence-corrected chi connectivity index (χ4v) is 1.75. The molecule has 0 bridgehead atoms. The second-order valence-electron chi connectivity index (χ2n) is 3.97. The van der Waals surface area contributed by atoms with E-state index in [-0.39, 0.29) is 17.2 Å². The van der Waals surface area contributed by atoms with Crippen LogP contribution in [0.2, 0.25) is 0 Å². The number of hydrogen-bond donors (Lipinski definition) is 2. The highest BCUT2D eigenvalue weighted by atomic mass is 16.5. The summed E-state index contributed by atoms with van der Waals surface area (Å²) in [7, 11) is 1.45. The molecule has 2 aromatic rings. The Hall–Kier alpha value is -2.83. The first kappa shape index (κ1) is 13.6. The molecule has 0 atom stereocenters. The Balaban J connectivity index is 2.55. The van der Waals surface area contributed by atoms with E-state index in [9.17, 15) is 9.59 Å². The van der Waals surface area contributed by atoms with Crippen LogP contribution in [0.15, 0.2) is 28.9 Å². The molecule has 1 aromatic heterocycles. The lowest BCUT2D eigenvalue weighted by molar-refractivity contribution is -0.114. The fourth-order valence-electron chi connectivity index (χ4n) is 1.75. The van der Waals surface area contributed by atoms with Crippen LogP contribution >= 0.6 is 0 Å². The Labute approximate surface area is 114 Å². The number of hydrogen-bond acceptors (Lipinski definition) is 5. The van der Waals surface area contributed by atoms with E-state index in [4.69, 9.17) is 14.4 Å². The van der Waals surface area contributed by atoms with Gasteiger partial charge in [0.2, 0.25) is 5.91 Å². The standard InChI is InChI=1S/C13H12N2O5/c1-7(16)15-8-3-4-11(19-2)9(5-8)12-10(13(17)18)6-14-20-12/h3-6H,1-2H3,(H,15,16)(H,17,18). The molecule has 0 aliphatic heterocycles. The molecule has 0 spiro atoms. The molecule has 0 saturated carbocycles. The van der Waals surface area contributed by atoms with Gasteiger partial charge in [-0.05, 0) is 18.2 Å². The van der Waals surface area contributed by atoms with Gasteiger partial charge in [0.15, 0.2) is 5.76 Å². The molecule has 0 fully saturated rings. The van der Waals surface area contributed by atoms with Crippen LogP contribution in [0, 0.1) is 0 Å². The summed E-state index contributed by atoms with van der Waals surface area (Å²) in [6.45, 7) is 1.38. The molecule has 0 saturated heterocycles. The Bertz CT molecular complexity index is 663. The molecular weight excluding hydrogens is 264 g/mol. The third-order valence-corrected chi connectivity index (χ3v) is 2.57. The van der Waals surface area contributed by atoms with Crippen LogP contribution in [0.1, 0.15) is 17.3 Å². The molecule has 1 aromatic carbocycles. The highest BCUT2D eigenvalue weighted by Gasteiger charge is 2.20. The number of methoxy groups -OCH3 is 1. The van der Waals surface area contributed by atoms with Crippen molar-refractivity contribution in [3.8, 4) is 17.1 Å². The number of carbonyl (C=O) groups excluding carboxylic acids is 1. The SMILES string of the molecule is COc1ccc(NC(C)=O)cc1-c1oncc1C(=O)O. The largest absolute Gasteiger partial charge is 0.496 e. The summed E-state index contributed by atoms with van der Waals surface area (Å²) in [6.07, 6.45) is 1.11. The predicted molar refractivity (Wildman–Crippen MR) is 69.8 cm³/mol. The average molecular weight is 276 g/mol. The molecule has 2 N–H and O–H groups in total. The second kappa shape index (κ2) is 5.43. The number of amides is 1. The van der Waals surface area contributed by atoms with Gasteiger partial charge in [-0.1, -0.05) is 5.16 Å². The normalized spacial score (nSPS) is 10.1. The minimum Gasteiger partial charge on any atom is -0.496 e. The number of nitrogens with zero attached hydrogens (tertiary/aromatic N) is 1. The van der Waals surface area contributed by atoms with E-state index < -0.39 is 5.97 Å². The van der Waals surface area contributed by atoms with Gasteiger partial charge in [-0.3, -0.25) is 4.79 Å². The highest BCUT2D eigenvalue weighted by molar-refractivity contribution is 5.96. The number of aromatic carboxylic acids is 1. The maximum absolute atomic E-state index is 11.1. The predicted octanol–water partition coefficient (Wildman–Crippen LogP) is 2.01. The average Bonchev–Trinajstić information content (AvgIpc) is 2.87. The van der Waals surface area contributed by atoms with Crippen molar-refractivity contribution in [1.82, 2.24) is 5.16 Å². The second-order valence-corrected chi connectivity index (χ2v) is 3.97. The van der Waals surface area contributed by atoms with Crippen molar-refractivity contribution >= 4 is 17.6 Å². The first-order valence-corrected chi connectivity index (χ1v) is 5.67. The maximum atomic E-state index is 11.1. The van der Waals surface area contributed by atoms with Crippen molar-refractivity contribution in [2.75, 3.05) is 12.4 Å². The molecule has 0 unspecified atom stereocenters. The smallest absolute Gasteiger partial charge is 0.341 e. The van der Waals surface area contributed by atoms with Crippen molar-refractivity contribution in [2.45, 2.75) is 6.92 Å². The van der Waals surface area contributed by atoms with E-state index >= 15 is 0 Å². The molecule has 0 aliphatic rings. The summed E-state index contributed by atoms with van der Waals surface area (Å²) in [5.74, 6) is -0.912. The fraction of sp³-hybridized carbons (Fsp3) is 0.154.